The van der Waals surface area contributed by atoms with Crippen molar-refractivity contribution in [3.8, 4) is 0 Å². The molecule has 0 atom stereocenters. The van der Waals surface area contributed by atoms with Crippen LogP contribution in [0.25, 0.3) is 0 Å². The molecule has 0 fully saturated rings. The Kier molecular flexibility index (Phi) is 3.08. The van der Waals surface area contributed by atoms with Gasteiger partial charge >= 0.3 is 0 Å². The minimum absolute atomic E-state index is 0.447. The molecule has 1 heterocycles. The Bertz CT molecular complexity index is 458. The first-order valence-corrected chi connectivity index (χ1v) is 5.45. The zero-order chi connectivity index (χ0) is 10.7. The summed E-state index contributed by atoms with van der Waals surface area (Å²) in [6, 6.07) is 9.17. The highest BCUT2D eigenvalue weighted by atomic mass is 35.5. The molecule has 0 spiro atoms. The Morgan fingerprint density at radius 2 is 1.87 bits per heavy atom. The monoisotopic (exact) mass is 237 g/mol. The van der Waals surface area contributed by atoms with Crippen molar-refractivity contribution in [3.63, 3.8) is 0 Å². The van der Waals surface area contributed by atoms with Gasteiger partial charge in [0.2, 0.25) is 0 Å². The van der Waals surface area contributed by atoms with E-state index in [-0.39, 0.29) is 0 Å². The van der Waals surface area contributed by atoms with Gasteiger partial charge in [0.25, 0.3) is 0 Å². The third-order valence-corrected chi connectivity index (χ3v) is 2.79. The fraction of sp³-hybridized carbons (Fsp3) is 0. The molecule has 0 aliphatic rings. The first kappa shape index (κ1) is 10.3. The van der Waals surface area contributed by atoms with E-state index in [1.165, 1.54) is 11.8 Å². The molecule has 0 aliphatic carbocycles. The number of rotatable bonds is 2. The second kappa shape index (κ2) is 4.51. The molecular formula is C10H8ClN3S. The quantitative estimate of drug-likeness (QED) is 0.496. The summed E-state index contributed by atoms with van der Waals surface area (Å²) >= 11 is 7.20. The Labute approximate surface area is 96.7 Å². The molecular weight excluding hydrogens is 230 g/mol. The van der Waals surface area contributed by atoms with Crippen LogP contribution in [-0.2, 0) is 0 Å². The summed E-state index contributed by atoms with van der Waals surface area (Å²) in [5, 5.41) is 1.08. The van der Waals surface area contributed by atoms with E-state index in [0.29, 0.717) is 10.3 Å². The standard InChI is InChI=1S/C10H8ClN3S/c11-9-5-6-13-10(14-9)15-8-3-1-7(12)2-4-8/h1-6H,12H2. The number of nitrogens with two attached hydrogens (primary N) is 1. The van der Waals surface area contributed by atoms with E-state index >= 15 is 0 Å². The largest absolute Gasteiger partial charge is 0.399 e. The third-order valence-electron chi connectivity index (χ3n) is 1.69. The second-order valence-corrected chi connectivity index (χ2v) is 4.26. The maximum Gasteiger partial charge on any atom is 0.193 e. The van der Waals surface area contributed by atoms with Gasteiger partial charge in [-0.25, -0.2) is 9.97 Å². The van der Waals surface area contributed by atoms with Gasteiger partial charge in [-0.1, -0.05) is 11.6 Å². The van der Waals surface area contributed by atoms with Crippen LogP contribution in [0, 0.1) is 0 Å². The molecule has 0 saturated heterocycles. The predicted octanol–water partition coefficient (Wildman–Crippen LogP) is 2.86. The first-order chi connectivity index (χ1) is 7.24. The highest BCUT2D eigenvalue weighted by molar-refractivity contribution is 7.99. The molecule has 0 aliphatic heterocycles. The van der Waals surface area contributed by atoms with Crippen LogP contribution in [0.5, 0.6) is 0 Å². The third kappa shape index (κ3) is 2.84. The fourth-order valence-electron chi connectivity index (χ4n) is 1.01. The zero-order valence-electron chi connectivity index (χ0n) is 7.72. The number of hydrogen-bond acceptors (Lipinski definition) is 4. The van der Waals surface area contributed by atoms with Crippen molar-refractivity contribution < 1.29 is 0 Å². The summed E-state index contributed by atoms with van der Waals surface area (Å²) in [5.74, 6) is 0. The first-order valence-electron chi connectivity index (χ1n) is 4.26. The molecule has 1 aromatic carbocycles. The Morgan fingerprint density at radius 3 is 2.53 bits per heavy atom. The molecule has 0 amide bonds. The van der Waals surface area contributed by atoms with Crippen molar-refractivity contribution >= 4 is 29.1 Å². The van der Waals surface area contributed by atoms with E-state index in [0.717, 1.165) is 10.6 Å². The number of nitrogen functional groups attached to an aromatic ring is 1. The zero-order valence-corrected chi connectivity index (χ0v) is 9.29. The number of benzene rings is 1. The molecule has 0 unspecified atom stereocenters. The maximum absolute atomic E-state index is 5.75. The highest BCUT2D eigenvalue weighted by Gasteiger charge is 2.00. The number of aromatic nitrogens is 2. The summed E-state index contributed by atoms with van der Waals surface area (Å²) in [5.41, 5.74) is 6.32. The maximum atomic E-state index is 5.75. The summed E-state index contributed by atoms with van der Waals surface area (Å²) in [7, 11) is 0. The molecule has 2 rings (SSSR count). The predicted molar refractivity (Wildman–Crippen MR) is 62.0 cm³/mol. The van der Waals surface area contributed by atoms with Crippen molar-refractivity contribution in [1.29, 1.82) is 0 Å². The average Bonchev–Trinajstić information content (AvgIpc) is 2.22. The molecule has 3 nitrogen and oxygen atoms in total. The Balaban J connectivity index is 2.18. The number of nitrogens with zero attached hydrogens (tertiary/aromatic N) is 2. The van der Waals surface area contributed by atoms with Crippen molar-refractivity contribution in [2.24, 2.45) is 0 Å². The molecule has 0 saturated carbocycles. The van der Waals surface area contributed by atoms with Gasteiger partial charge in [-0.05, 0) is 42.1 Å². The van der Waals surface area contributed by atoms with E-state index in [2.05, 4.69) is 9.97 Å². The number of hydrogen-bond donors (Lipinski definition) is 1. The minimum atomic E-state index is 0.447. The van der Waals surface area contributed by atoms with E-state index in [1.54, 1.807) is 12.3 Å². The van der Waals surface area contributed by atoms with E-state index in [4.69, 9.17) is 17.3 Å². The Hall–Kier alpha value is -1.26. The lowest BCUT2D eigenvalue weighted by atomic mass is 10.3. The van der Waals surface area contributed by atoms with Crippen LogP contribution in [0.2, 0.25) is 5.15 Å². The molecule has 5 heteroatoms. The van der Waals surface area contributed by atoms with Crippen LogP contribution in [0.3, 0.4) is 0 Å². The lowest BCUT2D eigenvalue weighted by molar-refractivity contribution is 0.967. The summed E-state index contributed by atoms with van der Waals surface area (Å²) in [6.07, 6.45) is 1.63. The van der Waals surface area contributed by atoms with Crippen molar-refractivity contribution in [2.75, 3.05) is 5.73 Å². The van der Waals surface area contributed by atoms with Gasteiger partial charge in [-0.2, -0.15) is 0 Å². The SMILES string of the molecule is Nc1ccc(Sc2nccc(Cl)n2)cc1. The molecule has 2 N–H and O–H groups in total. The van der Waals surface area contributed by atoms with E-state index < -0.39 is 0 Å². The van der Waals surface area contributed by atoms with Gasteiger partial charge in [-0.3, -0.25) is 0 Å². The van der Waals surface area contributed by atoms with Crippen LogP contribution < -0.4 is 5.73 Å². The van der Waals surface area contributed by atoms with Crippen molar-refractivity contribution in [2.45, 2.75) is 10.1 Å². The number of anilines is 1. The lowest BCUT2D eigenvalue weighted by Crippen LogP contribution is -1.86. The Morgan fingerprint density at radius 1 is 1.13 bits per heavy atom. The van der Waals surface area contributed by atoms with Gasteiger partial charge in [0.15, 0.2) is 5.16 Å². The lowest BCUT2D eigenvalue weighted by Gasteiger charge is -2.00. The van der Waals surface area contributed by atoms with Crippen LogP contribution in [0.1, 0.15) is 0 Å². The highest BCUT2D eigenvalue weighted by Crippen LogP contribution is 2.25. The molecule has 0 bridgehead atoms. The topological polar surface area (TPSA) is 51.8 Å². The molecule has 0 radical (unpaired) electrons. The van der Waals surface area contributed by atoms with Gasteiger partial charge in [0, 0.05) is 16.8 Å². The molecule has 2 aromatic rings. The second-order valence-electron chi connectivity index (χ2n) is 2.83. The van der Waals surface area contributed by atoms with Crippen molar-refractivity contribution in [3.05, 3.63) is 41.7 Å². The smallest absolute Gasteiger partial charge is 0.193 e. The summed E-state index contributed by atoms with van der Waals surface area (Å²) in [6.45, 7) is 0. The van der Waals surface area contributed by atoms with Gasteiger partial charge < -0.3 is 5.73 Å². The number of halogens is 1. The fourth-order valence-corrected chi connectivity index (χ4v) is 1.94. The minimum Gasteiger partial charge on any atom is -0.399 e. The van der Waals surface area contributed by atoms with E-state index in [1.807, 2.05) is 24.3 Å². The van der Waals surface area contributed by atoms with Crippen LogP contribution >= 0.6 is 23.4 Å². The normalized spacial score (nSPS) is 10.2. The average molecular weight is 238 g/mol. The molecule has 15 heavy (non-hydrogen) atoms. The van der Waals surface area contributed by atoms with E-state index in [9.17, 15) is 0 Å². The van der Waals surface area contributed by atoms with Gasteiger partial charge in [-0.15, -0.1) is 0 Å². The summed E-state index contributed by atoms with van der Waals surface area (Å²) < 4.78 is 0. The van der Waals surface area contributed by atoms with Crippen LogP contribution in [-0.4, -0.2) is 9.97 Å². The van der Waals surface area contributed by atoms with Crippen molar-refractivity contribution in [1.82, 2.24) is 9.97 Å². The molecule has 1 aromatic heterocycles. The molecule has 76 valence electrons. The summed E-state index contributed by atoms with van der Waals surface area (Å²) in [4.78, 5) is 9.20. The van der Waals surface area contributed by atoms with Crippen LogP contribution in [0.15, 0.2) is 46.6 Å². The van der Waals surface area contributed by atoms with Crippen LogP contribution in [0.4, 0.5) is 5.69 Å². The van der Waals surface area contributed by atoms with Gasteiger partial charge in [0.05, 0.1) is 0 Å². The van der Waals surface area contributed by atoms with Gasteiger partial charge in [0.1, 0.15) is 5.15 Å².